The van der Waals surface area contributed by atoms with Gasteiger partial charge in [-0.1, -0.05) is 0 Å². The van der Waals surface area contributed by atoms with Gasteiger partial charge in [0.15, 0.2) is 0 Å². The summed E-state index contributed by atoms with van der Waals surface area (Å²) in [4.78, 5) is 34.6. The number of nitrogens with zero attached hydrogens (tertiary/aromatic N) is 4. The van der Waals surface area contributed by atoms with E-state index in [1.165, 1.54) is 12.8 Å². The maximum absolute atomic E-state index is 12.4. The highest BCUT2D eigenvalue weighted by molar-refractivity contribution is 5.79. The first-order chi connectivity index (χ1) is 13.7. The average Bonchev–Trinajstić information content (AvgIpc) is 3.47. The van der Waals surface area contributed by atoms with Crippen molar-refractivity contribution in [1.82, 2.24) is 14.9 Å². The van der Waals surface area contributed by atoms with Gasteiger partial charge in [-0.25, -0.2) is 14.8 Å². The third-order valence-electron chi connectivity index (χ3n) is 5.81. The Morgan fingerprint density at radius 3 is 2.41 bits per heavy atom. The minimum atomic E-state index is -5.08. The quantitative estimate of drug-likeness (QED) is 0.819. The van der Waals surface area contributed by atoms with Gasteiger partial charge in [-0.2, -0.15) is 13.2 Å². The van der Waals surface area contributed by atoms with Crippen molar-refractivity contribution in [1.29, 1.82) is 0 Å². The Kier molecular flexibility index (Phi) is 6.28. The van der Waals surface area contributed by atoms with Crippen molar-refractivity contribution in [3.8, 4) is 0 Å². The van der Waals surface area contributed by atoms with Gasteiger partial charge >= 0.3 is 12.1 Å². The molecule has 7 nitrogen and oxygen atoms in total. The number of anilines is 1. The third-order valence-corrected chi connectivity index (χ3v) is 5.81. The Balaban J connectivity index is 0.000000298. The molecule has 29 heavy (non-hydrogen) atoms. The Labute approximate surface area is 166 Å². The van der Waals surface area contributed by atoms with Crippen LogP contribution in [-0.2, 0) is 9.59 Å². The molecule has 1 amide bonds. The van der Waals surface area contributed by atoms with Crippen LogP contribution in [0.1, 0.15) is 44.9 Å². The average molecular weight is 414 g/mol. The number of carboxylic acid groups (broad SMARTS) is 1. The summed E-state index contributed by atoms with van der Waals surface area (Å²) in [5, 5.41) is 7.12. The summed E-state index contributed by atoms with van der Waals surface area (Å²) in [6.07, 6.45) is 6.25. The lowest BCUT2D eigenvalue weighted by Gasteiger charge is -2.38. The topological polar surface area (TPSA) is 86.6 Å². The summed E-state index contributed by atoms with van der Waals surface area (Å²) in [7, 11) is 0. The molecular formula is C19H25F3N4O3. The van der Waals surface area contributed by atoms with Crippen molar-refractivity contribution < 1.29 is 27.9 Å². The van der Waals surface area contributed by atoms with Gasteiger partial charge in [-0.05, 0) is 50.5 Å². The summed E-state index contributed by atoms with van der Waals surface area (Å²) >= 11 is 0. The van der Waals surface area contributed by atoms with Gasteiger partial charge in [-0.15, -0.1) is 0 Å². The SMILES string of the molecule is O=C(O)C(F)(F)F.O=C1CCC2(CCCN(c3ncccn3)CC2)N1CC1CC1. The number of carbonyl (C=O) groups excluding carboxylic acids is 1. The van der Waals surface area contributed by atoms with Crippen LogP contribution >= 0.6 is 0 Å². The molecule has 1 saturated carbocycles. The van der Waals surface area contributed by atoms with Crippen LogP contribution in [-0.4, -0.2) is 63.2 Å². The molecule has 2 saturated heterocycles. The predicted octanol–water partition coefficient (Wildman–Crippen LogP) is 2.87. The van der Waals surface area contributed by atoms with E-state index in [1.807, 2.05) is 18.5 Å². The molecule has 0 radical (unpaired) electrons. The number of amides is 1. The highest BCUT2D eigenvalue weighted by Crippen LogP contribution is 2.42. The van der Waals surface area contributed by atoms with E-state index >= 15 is 0 Å². The van der Waals surface area contributed by atoms with E-state index in [-0.39, 0.29) is 5.54 Å². The summed E-state index contributed by atoms with van der Waals surface area (Å²) in [6, 6.07) is 1.86. The van der Waals surface area contributed by atoms with Crippen molar-refractivity contribution in [2.75, 3.05) is 24.5 Å². The molecule has 3 aliphatic rings. The van der Waals surface area contributed by atoms with E-state index in [0.717, 1.165) is 63.6 Å². The molecule has 1 spiro atoms. The molecule has 10 heteroatoms. The molecule has 0 bridgehead atoms. The molecule has 1 unspecified atom stereocenters. The lowest BCUT2D eigenvalue weighted by molar-refractivity contribution is -0.192. The second-order valence-electron chi connectivity index (χ2n) is 7.86. The number of aromatic nitrogens is 2. The molecule has 3 heterocycles. The van der Waals surface area contributed by atoms with Crippen molar-refractivity contribution >= 4 is 17.8 Å². The number of alkyl halides is 3. The van der Waals surface area contributed by atoms with Crippen molar-refractivity contribution in [2.45, 2.75) is 56.7 Å². The Morgan fingerprint density at radius 1 is 1.17 bits per heavy atom. The molecule has 1 aromatic heterocycles. The number of hydrogen-bond acceptors (Lipinski definition) is 5. The zero-order valence-corrected chi connectivity index (χ0v) is 16.1. The molecule has 0 aromatic carbocycles. The Morgan fingerprint density at radius 2 is 1.83 bits per heavy atom. The molecule has 160 valence electrons. The van der Waals surface area contributed by atoms with Crippen LogP contribution in [0.5, 0.6) is 0 Å². The van der Waals surface area contributed by atoms with Gasteiger partial charge in [0, 0.05) is 44.0 Å². The first kappa shape index (κ1) is 21.3. The fraction of sp³-hybridized carbons (Fsp3) is 0.684. The lowest BCUT2D eigenvalue weighted by Crippen LogP contribution is -2.47. The molecular weight excluding hydrogens is 389 g/mol. The molecule has 1 aromatic rings. The molecule has 1 atom stereocenters. The van der Waals surface area contributed by atoms with E-state index in [0.29, 0.717) is 5.91 Å². The van der Waals surface area contributed by atoms with E-state index in [9.17, 15) is 18.0 Å². The maximum Gasteiger partial charge on any atom is 0.490 e. The van der Waals surface area contributed by atoms with Crippen LogP contribution in [0.4, 0.5) is 19.1 Å². The smallest absolute Gasteiger partial charge is 0.475 e. The third kappa shape index (κ3) is 5.36. The number of likely N-dealkylation sites (tertiary alicyclic amines) is 1. The van der Waals surface area contributed by atoms with Crippen LogP contribution in [0.15, 0.2) is 18.5 Å². The zero-order valence-electron chi connectivity index (χ0n) is 16.1. The predicted molar refractivity (Wildman–Crippen MR) is 98.2 cm³/mol. The monoisotopic (exact) mass is 414 g/mol. The fourth-order valence-electron chi connectivity index (χ4n) is 4.08. The largest absolute Gasteiger partial charge is 0.490 e. The number of aliphatic carboxylic acids is 1. The minimum absolute atomic E-state index is 0.114. The number of hydrogen-bond donors (Lipinski definition) is 1. The van der Waals surface area contributed by atoms with Crippen LogP contribution in [0.25, 0.3) is 0 Å². The molecule has 1 N–H and O–H groups in total. The Hall–Kier alpha value is -2.39. The molecule has 3 fully saturated rings. The van der Waals surface area contributed by atoms with Gasteiger partial charge in [-0.3, -0.25) is 4.79 Å². The van der Waals surface area contributed by atoms with Gasteiger partial charge in [0.2, 0.25) is 11.9 Å². The van der Waals surface area contributed by atoms with Crippen molar-refractivity contribution in [2.24, 2.45) is 5.92 Å². The van der Waals surface area contributed by atoms with Crippen molar-refractivity contribution in [3.05, 3.63) is 18.5 Å². The highest BCUT2D eigenvalue weighted by atomic mass is 19.4. The Bertz CT molecular complexity index is 727. The second-order valence-corrected chi connectivity index (χ2v) is 7.86. The number of rotatable bonds is 3. The minimum Gasteiger partial charge on any atom is -0.475 e. The van der Waals surface area contributed by atoms with E-state index in [4.69, 9.17) is 9.90 Å². The second kappa shape index (κ2) is 8.54. The van der Waals surface area contributed by atoms with Gasteiger partial charge in [0.25, 0.3) is 0 Å². The summed E-state index contributed by atoms with van der Waals surface area (Å²) in [6.45, 7) is 2.95. The first-order valence-corrected chi connectivity index (χ1v) is 9.84. The van der Waals surface area contributed by atoms with Gasteiger partial charge < -0.3 is 14.9 Å². The standard InChI is InChI=1S/C17H24N4O.C2HF3O2/c22-15-5-7-17(21(15)13-14-3-4-14)6-1-11-20(12-8-17)16-18-9-2-10-19-16;3-2(4,5)1(6)7/h2,9-10,14H,1,3-8,11-13H2;(H,6,7). The van der Waals surface area contributed by atoms with Crippen LogP contribution in [0, 0.1) is 5.92 Å². The van der Waals surface area contributed by atoms with Crippen LogP contribution in [0.3, 0.4) is 0 Å². The van der Waals surface area contributed by atoms with E-state index in [2.05, 4.69) is 19.8 Å². The van der Waals surface area contributed by atoms with Crippen molar-refractivity contribution in [3.63, 3.8) is 0 Å². The van der Waals surface area contributed by atoms with E-state index < -0.39 is 12.1 Å². The number of carboxylic acids is 1. The number of halogens is 3. The summed E-state index contributed by atoms with van der Waals surface area (Å²) < 4.78 is 31.7. The zero-order chi connectivity index (χ0) is 21.1. The van der Waals surface area contributed by atoms with Crippen LogP contribution < -0.4 is 4.90 Å². The normalized spacial score (nSPS) is 24.9. The van der Waals surface area contributed by atoms with Crippen LogP contribution in [0.2, 0.25) is 0 Å². The molecule has 2 aliphatic heterocycles. The van der Waals surface area contributed by atoms with Gasteiger partial charge in [0.05, 0.1) is 0 Å². The molecule has 1 aliphatic carbocycles. The van der Waals surface area contributed by atoms with E-state index in [1.54, 1.807) is 0 Å². The molecule has 4 rings (SSSR count). The maximum atomic E-state index is 12.4. The summed E-state index contributed by atoms with van der Waals surface area (Å²) in [5.74, 6) is -0.767. The number of carbonyl (C=O) groups is 2. The first-order valence-electron chi connectivity index (χ1n) is 9.84. The van der Waals surface area contributed by atoms with Gasteiger partial charge in [0.1, 0.15) is 0 Å². The summed E-state index contributed by atoms with van der Waals surface area (Å²) in [5.41, 5.74) is 0.114. The highest BCUT2D eigenvalue weighted by Gasteiger charge is 2.47. The fourth-order valence-corrected chi connectivity index (χ4v) is 4.08. The lowest BCUT2D eigenvalue weighted by atomic mass is 9.87.